The molecule has 18 heavy (non-hydrogen) atoms. The molecule has 0 aliphatic carbocycles. The van der Waals surface area contributed by atoms with Gasteiger partial charge in [-0.25, -0.2) is 0 Å². The van der Waals surface area contributed by atoms with E-state index >= 15 is 0 Å². The van der Waals surface area contributed by atoms with Gasteiger partial charge in [0.2, 0.25) is 0 Å². The summed E-state index contributed by atoms with van der Waals surface area (Å²) in [7, 11) is -2.55. The number of hydrogen-bond donors (Lipinski definition) is 0. The van der Waals surface area contributed by atoms with E-state index in [0.29, 0.717) is 16.7 Å². The van der Waals surface area contributed by atoms with Crippen molar-refractivity contribution >= 4 is 25.7 Å². The van der Waals surface area contributed by atoms with E-state index < -0.39 is 8.80 Å². The summed E-state index contributed by atoms with van der Waals surface area (Å²) in [5.41, 5.74) is 1.56. The predicted molar refractivity (Wildman–Crippen MR) is 64.8 cm³/mol. The fourth-order valence-corrected chi connectivity index (χ4v) is 2.58. The van der Waals surface area contributed by atoms with Crippen LogP contribution in [0.15, 0.2) is 56.7 Å². The molecule has 0 radical (unpaired) electrons. The van der Waals surface area contributed by atoms with Crippen LogP contribution in [-0.2, 0) is 4.46 Å². The smallest absolute Gasteiger partial charge is 0.455 e. The van der Waals surface area contributed by atoms with Gasteiger partial charge in [0.15, 0.2) is 16.9 Å². The summed E-state index contributed by atoms with van der Waals surface area (Å²) in [4.78, 5) is 12.3. The zero-order valence-electron chi connectivity index (χ0n) is 9.25. The number of carbonyl (C=O) groups excluding carboxylic acids is 1. The van der Waals surface area contributed by atoms with Crippen molar-refractivity contribution < 1.29 is 17.4 Å². The summed E-state index contributed by atoms with van der Waals surface area (Å²) in [6.07, 6.45) is 0. The molecule has 0 aliphatic rings. The van der Waals surface area contributed by atoms with E-state index in [9.17, 15) is 9.26 Å². The van der Waals surface area contributed by atoms with E-state index in [2.05, 4.69) is 0 Å². The first-order valence-electron chi connectivity index (χ1n) is 5.38. The van der Waals surface area contributed by atoms with Crippen molar-refractivity contribution in [1.82, 2.24) is 0 Å². The lowest BCUT2D eigenvalue weighted by atomic mass is 10.0. The zero-order valence-corrected chi connectivity index (χ0v) is 10.3. The Morgan fingerprint density at radius 3 is 2.50 bits per heavy atom. The molecule has 4 nitrogen and oxygen atoms in total. The molecule has 0 fully saturated rings. The highest BCUT2D eigenvalue weighted by molar-refractivity contribution is 6.21. The Morgan fingerprint density at radius 2 is 1.72 bits per heavy atom. The van der Waals surface area contributed by atoms with Gasteiger partial charge in [-0.2, -0.15) is 0 Å². The van der Waals surface area contributed by atoms with Crippen molar-refractivity contribution in [2.45, 2.75) is 0 Å². The van der Waals surface area contributed by atoms with Crippen LogP contribution in [0, 0.1) is 0 Å². The van der Waals surface area contributed by atoms with Crippen LogP contribution >= 0.6 is 0 Å². The van der Waals surface area contributed by atoms with Crippen LogP contribution in [0.4, 0.5) is 0 Å². The Bertz CT molecular complexity index is 770. The normalized spacial score (nSPS) is 10.7. The molecule has 0 spiro atoms. The van der Waals surface area contributed by atoms with Gasteiger partial charge in [0.25, 0.3) is 0 Å². The minimum atomic E-state index is -2.55. The fraction of sp³-hybridized carbons (Fsp3) is 0. The molecule has 0 amide bonds. The minimum absolute atomic E-state index is 0.173. The van der Waals surface area contributed by atoms with Crippen molar-refractivity contribution in [3.05, 3.63) is 59.7 Å². The number of carbonyl (C=O) groups is 1. The Kier molecular flexibility index (Phi) is 2.53. The summed E-state index contributed by atoms with van der Waals surface area (Å²) in [6.45, 7) is 0. The van der Waals surface area contributed by atoms with Crippen LogP contribution in [0.5, 0.6) is 0 Å². The van der Waals surface area contributed by atoms with Crippen LogP contribution in [-0.4, -0.2) is 14.6 Å². The molecule has 0 unspecified atom stereocenters. The second kappa shape index (κ2) is 4.19. The van der Waals surface area contributed by atoms with Crippen LogP contribution < -0.4 is 0 Å². The van der Waals surface area contributed by atoms with Gasteiger partial charge in [-0.05, 0) is 12.1 Å². The number of hydrogen-bond acceptors (Lipinski definition) is 4. The molecule has 5 heteroatoms. The van der Waals surface area contributed by atoms with Crippen LogP contribution in [0.1, 0.15) is 15.9 Å². The first-order valence-corrected chi connectivity index (χ1v) is 6.60. The van der Waals surface area contributed by atoms with E-state index in [1.165, 1.54) is 0 Å². The molecular formula is C13H8O4Si. The number of rotatable bonds is 2. The molecular weight excluding hydrogens is 248 g/mol. The highest BCUT2D eigenvalue weighted by atomic mass is 28.2. The van der Waals surface area contributed by atoms with E-state index in [1.54, 1.807) is 42.5 Å². The third kappa shape index (κ3) is 1.74. The molecule has 88 valence electrons. The van der Waals surface area contributed by atoms with Gasteiger partial charge < -0.3 is 8.19 Å². The second-order valence-electron chi connectivity index (χ2n) is 3.78. The molecule has 3 aromatic rings. The van der Waals surface area contributed by atoms with Crippen LogP contribution in [0.2, 0.25) is 0 Å². The molecule has 0 N–H and O–H groups in total. The first-order chi connectivity index (χ1) is 8.75. The summed E-state index contributed by atoms with van der Waals surface area (Å²) < 4.78 is 21.3. The van der Waals surface area contributed by atoms with Gasteiger partial charge in [-0.3, -0.25) is 9.26 Å². The van der Waals surface area contributed by atoms with Gasteiger partial charge in [0, 0.05) is 5.56 Å². The molecule has 0 saturated carbocycles. The van der Waals surface area contributed by atoms with Crippen LogP contribution in [0.25, 0.3) is 11.2 Å². The average molecular weight is 256 g/mol. The van der Waals surface area contributed by atoms with Gasteiger partial charge in [0.05, 0.1) is 5.56 Å². The molecule has 0 aliphatic heterocycles. The van der Waals surface area contributed by atoms with Gasteiger partial charge in [-0.1, -0.05) is 36.4 Å². The average Bonchev–Trinajstić information content (AvgIpc) is 2.79. The molecule has 0 atom stereocenters. The van der Waals surface area contributed by atoms with Gasteiger partial charge in [0.1, 0.15) is 0 Å². The van der Waals surface area contributed by atoms with Crippen LogP contribution in [0.3, 0.4) is 0 Å². The summed E-state index contributed by atoms with van der Waals surface area (Å²) in [5.74, 6) is -0.173. The molecule has 0 saturated heterocycles. The quantitative estimate of drug-likeness (QED) is 0.522. The SMILES string of the molecule is O=C(c1ccccc1)c1cccc2o[si](=O)oc12. The number of para-hydroxylation sites is 1. The minimum Gasteiger partial charge on any atom is -0.455 e. The largest absolute Gasteiger partial charge is 0.778 e. The first kappa shape index (κ1) is 10.9. The third-order valence-electron chi connectivity index (χ3n) is 2.64. The lowest BCUT2D eigenvalue weighted by Crippen LogP contribution is -2.00. The molecule has 1 heterocycles. The van der Waals surface area contributed by atoms with Crippen molar-refractivity contribution in [2.75, 3.05) is 0 Å². The van der Waals surface area contributed by atoms with E-state index in [-0.39, 0.29) is 11.4 Å². The van der Waals surface area contributed by atoms with E-state index in [1.807, 2.05) is 6.07 Å². The lowest BCUT2D eigenvalue weighted by Gasteiger charge is -2.00. The topological polar surface area (TPSA) is 60.4 Å². The van der Waals surface area contributed by atoms with Crippen molar-refractivity contribution in [1.29, 1.82) is 0 Å². The summed E-state index contributed by atoms with van der Waals surface area (Å²) >= 11 is 0. The van der Waals surface area contributed by atoms with Crippen molar-refractivity contribution in [3.63, 3.8) is 0 Å². The van der Waals surface area contributed by atoms with Crippen molar-refractivity contribution in [2.24, 2.45) is 0 Å². The Balaban J connectivity index is 2.21. The highest BCUT2D eigenvalue weighted by Gasteiger charge is 2.16. The van der Waals surface area contributed by atoms with Gasteiger partial charge in [-0.15, -0.1) is 0 Å². The Hall–Kier alpha value is -2.27. The number of benzene rings is 2. The Morgan fingerprint density at radius 1 is 0.944 bits per heavy atom. The van der Waals surface area contributed by atoms with Crippen molar-refractivity contribution in [3.8, 4) is 0 Å². The highest BCUT2D eigenvalue weighted by Crippen LogP contribution is 2.21. The maximum absolute atomic E-state index is 12.3. The maximum Gasteiger partial charge on any atom is 0.778 e. The summed E-state index contributed by atoms with van der Waals surface area (Å²) in [5, 5.41) is 0. The monoisotopic (exact) mass is 256 g/mol. The van der Waals surface area contributed by atoms with E-state index in [4.69, 9.17) is 8.19 Å². The maximum atomic E-state index is 12.3. The molecule has 2 aromatic carbocycles. The molecule has 0 bridgehead atoms. The predicted octanol–water partition coefficient (Wildman–Crippen LogP) is 2.76. The van der Waals surface area contributed by atoms with Gasteiger partial charge >= 0.3 is 8.80 Å². The number of fused-ring (bicyclic) bond motifs is 1. The Labute approximate surface area is 103 Å². The summed E-state index contributed by atoms with van der Waals surface area (Å²) in [6, 6.07) is 13.8. The molecule has 3 rings (SSSR count). The fourth-order valence-electron chi connectivity index (χ4n) is 1.82. The molecule has 1 aromatic heterocycles. The lowest BCUT2D eigenvalue weighted by molar-refractivity contribution is 0.103. The third-order valence-corrected chi connectivity index (χ3v) is 3.40. The second-order valence-corrected chi connectivity index (χ2v) is 4.69. The van der Waals surface area contributed by atoms with E-state index in [0.717, 1.165) is 0 Å². The number of ketones is 1. The standard InChI is InChI=1S/C13H8O4Si/c14-12(9-5-2-1-3-6-9)10-7-4-8-11-13(10)17-18(15)16-11/h1-8H. The zero-order chi connectivity index (χ0) is 12.5.